The van der Waals surface area contributed by atoms with Crippen molar-refractivity contribution in [1.82, 2.24) is 15.3 Å². The molecule has 0 amide bonds. The Kier molecular flexibility index (Phi) is 4.69. The van der Waals surface area contributed by atoms with Gasteiger partial charge in [0.2, 0.25) is 0 Å². The lowest BCUT2D eigenvalue weighted by molar-refractivity contribution is 0.466. The second-order valence-electron chi connectivity index (χ2n) is 4.15. The van der Waals surface area contributed by atoms with Crippen LogP contribution in [0.15, 0.2) is 12.4 Å². The van der Waals surface area contributed by atoms with Crippen molar-refractivity contribution >= 4 is 0 Å². The van der Waals surface area contributed by atoms with Gasteiger partial charge >= 0.3 is 0 Å². The Morgan fingerprint density at radius 3 is 2.40 bits per heavy atom. The molecule has 2 atom stereocenters. The molecule has 0 aliphatic rings. The summed E-state index contributed by atoms with van der Waals surface area (Å²) >= 11 is 0. The molecule has 0 saturated carbocycles. The van der Waals surface area contributed by atoms with Crippen molar-refractivity contribution in [2.24, 2.45) is 0 Å². The van der Waals surface area contributed by atoms with E-state index in [1.807, 2.05) is 19.3 Å². The van der Waals surface area contributed by atoms with Gasteiger partial charge in [-0.15, -0.1) is 0 Å². The third-order valence-electron chi connectivity index (χ3n) is 2.67. The molecule has 3 heteroatoms. The Morgan fingerprint density at radius 2 is 1.87 bits per heavy atom. The van der Waals surface area contributed by atoms with E-state index in [2.05, 4.69) is 36.1 Å². The predicted octanol–water partition coefficient (Wildman–Crippen LogP) is 2.28. The average molecular weight is 207 g/mol. The molecule has 1 N–H and O–H groups in total. The second-order valence-corrected chi connectivity index (χ2v) is 4.15. The zero-order chi connectivity index (χ0) is 11.3. The van der Waals surface area contributed by atoms with Gasteiger partial charge in [-0.05, 0) is 32.4 Å². The molecule has 0 radical (unpaired) electrons. The van der Waals surface area contributed by atoms with Crippen LogP contribution < -0.4 is 5.32 Å². The number of rotatable bonds is 5. The maximum absolute atomic E-state index is 4.36. The van der Waals surface area contributed by atoms with E-state index >= 15 is 0 Å². The van der Waals surface area contributed by atoms with Crippen LogP contribution >= 0.6 is 0 Å². The Bertz CT molecular complexity index is 281. The van der Waals surface area contributed by atoms with Gasteiger partial charge in [-0.2, -0.15) is 0 Å². The minimum absolute atomic E-state index is 0.358. The van der Waals surface area contributed by atoms with Crippen LogP contribution in [0.5, 0.6) is 0 Å². The van der Waals surface area contributed by atoms with Gasteiger partial charge in [0.1, 0.15) is 5.82 Å². The highest BCUT2D eigenvalue weighted by atomic mass is 14.9. The van der Waals surface area contributed by atoms with Crippen LogP contribution in [0.2, 0.25) is 0 Å². The van der Waals surface area contributed by atoms with Crippen LogP contribution in [-0.2, 0) is 0 Å². The van der Waals surface area contributed by atoms with Gasteiger partial charge in [0, 0.05) is 24.4 Å². The first-order valence-corrected chi connectivity index (χ1v) is 5.67. The third kappa shape index (κ3) is 3.59. The number of hydrogen-bond donors (Lipinski definition) is 1. The summed E-state index contributed by atoms with van der Waals surface area (Å²) in [6.45, 7) is 9.58. The van der Waals surface area contributed by atoms with Crippen LogP contribution in [-0.4, -0.2) is 22.6 Å². The highest BCUT2D eigenvalue weighted by Crippen LogP contribution is 2.14. The third-order valence-corrected chi connectivity index (χ3v) is 2.67. The predicted molar refractivity (Wildman–Crippen MR) is 62.9 cm³/mol. The van der Waals surface area contributed by atoms with Gasteiger partial charge in [0.05, 0.1) is 0 Å². The molecular weight excluding hydrogens is 186 g/mol. The molecule has 0 spiro atoms. The topological polar surface area (TPSA) is 37.8 Å². The Hall–Kier alpha value is -0.960. The van der Waals surface area contributed by atoms with E-state index in [0.717, 1.165) is 24.4 Å². The molecule has 0 bridgehead atoms. The number of aromatic nitrogens is 2. The molecule has 3 nitrogen and oxygen atoms in total. The summed E-state index contributed by atoms with van der Waals surface area (Å²) in [5.74, 6) is 1.29. The minimum Gasteiger partial charge on any atom is -0.314 e. The van der Waals surface area contributed by atoms with E-state index in [9.17, 15) is 0 Å². The molecule has 1 rings (SSSR count). The molecule has 1 aromatic heterocycles. The summed E-state index contributed by atoms with van der Waals surface area (Å²) in [6.07, 6.45) is 4.92. The largest absolute Gasteiger partial charge is 0.314 e. The number of nitrogens with one attached hydrogen (secondary N) is 1. The van der Waals surface area contributed by atoms with Gasteiger partial charge in [-0.1, -0.05) is 13.8 Å². The maximum Gasteiger partial charge on any atom is 0.132 e. The SMILES string of the molecule is CCCNC(C)C(C)c1ncc(C)cn1. The minimum atomic E-state index is 0.358. The zero-order valence-electron chi connectivity index (χ0n) is 10.1. The molecule has 0 aliphatic carbocycles. The van der Waals surface area contributed by atoms with E-state index in [-0.39, 0.29) is 0 Å². The highest BCUT2D eigenvalue weighted by molar-refractivity contribution is 5.06. The summed E-state index contributed by atoms with van der Waals surface area (Å²) in [4.78, 5) is 8.71. The van der Waals surface area contributed by atoms with Crippen molar-refractivity contribution in [3.05, 3.63) is 23.8 Å². The van der Waals surface area contributed by atoms with Crippen molar-refractivity contribution in [3.8, 4) is 0 Å². The Balaban J connectivity index is 2.59. The fourth-order valence-electron chi connectivity index (χ4n) is 1.41. The highest BCUT2D eigenvalue weighted by Gasteiger charge is 2.15. The van der Waals surface area contributed by atoms with Gasteiger partial charge < -0.3 is 5.32 Å². The van der Waals surface area contributed by atoms with Crippen LogP contribution in [0.25, 0.3) is 0 Å². The number of nitrogens with zero attached hydrogens (tertiary/aromatic N) is 2. The summed E-state index contributed by atoms with van der Waals surface area (Å²) in [6, 6.07) is 0.424. The molecule has 0 aliphatic heterocycles. The first-order valence-electron chi connectivity index (χ1n) is 5.67. The van der Waals surface area contributed by atoms with E-state index in [1.54, 1.807) is 0 Å². The quantitative estimate of drug-likeness (QED) is 0.805. The molecule has 15 heavy (non-hydrogen) atoms. The normalized spacial score (nSPS) is 14.9. The molecular formula is C12H21N3. The van der Waals surface area contributed by atoms with Crippen molar-refractivity contribution in [1.29, 1.82) is 0 Å². The van der Waals surface area contributed by atoms with Crippen LogP contribution in [0.4, 0.5) is 0 Å². The molecule has 0 saturated heterocycles. The Morgan fingerprint density at radius 1 is 1.27 bits per heavy atom. The Labute approximate surface area is 92.3 Å². The fraction of sp³-hybridized carbons (Fsp3) is 0.667. The van der Waals surface area contributed by atoms with E-state index in [4.69, 9.17) is 0 Å². The maximum atomic E-state index is 4.36. The molecule has 84 valence electrons. The molecule has 0 fully saturated rings. The average Bonchev–Trinajstić information content (AvgIpc) is 2.26. The molecule has 2 unspecified atom stereocenters. The van der Waals surface area contributed by atoms with Crippen molar-refractivity contribution in [3.63, 3.8) is 0 Å². The lowest BCUT2D eigenvalue weighted by atomic mass is 10.0. The monoisotopic (exact) mass is 207 g/mol. The second kappa shape index (κ2) is 5.81. The van der Waals surface area contributed by atoms with Gasteiger partial charge in [0.25, 0.3) is 0 Å². The fourth-order valence-corrected chi connectivity index (χ4v) is 1.41. The van der Waals surface area contributed by atoms with Crippen LogP contribution in [0.1, 0.15) is 44.5 Å². The summed E-state index contributed by atoms with van der Waals surface area (Å²) in [5.41, 5.74) is 1.11. The molecule has 0 aromatic carbocycles. The van der Waals surface area contributed by atoms with Crippen molar-refractivity contribution in [2.75, 3.05) is 6.54 Å². The smallest absolute Gasteiger partial charge is 0.132 e. The molecule has 1 aromatic rings. The van der Waals surface area contributed by atoms with Gasteiger partial charge in [0.15, 0.2) is 0 Å². The van der Waals surface area contributed by atoms with Crippen molar-refractivity contribution in [2.45, 2.75) is 46.1 Å². The summed E-state index contributed by atoms with van der Waals surface area (Å²) in [7, 11) is 0. The van der Waals surface area contributed by atoms with Gasteiger partial charge in [-0.25, -0.2) is 9.97 Å². The standard InChI is InChI=1S/C12H21N3/c1-5-6-13-11(4)10(3)12-14-7-9(2)8-15-12/h7-8,10-11,13H,5-6H2,1-4H3. The first-order chi connectivity index (χ1) is 7.15. The van der Waals surface area contributed by atoms with Crippen molar-refractivity contribution < 1.29 is 0 Å². The van der Waals surface area contributed by atoms with Crippen LogP contribution in [0, 0.1) is 6.92 Å². The van der Waals surface area contributed by atoms with E-state index < -0.39 is 0 Å². The lowest BCUT2D eigenvalue weighted by Crippen LogP contribution is -2.32. The van der Waals surface area contributed by atoms with E-state index in [0.29, 0.717) is 12.0 Å². The number of hydrogen-bond acceptors (Lipinski definition) is 3. The lowest BCUT2D eigenvalue weighted by Gasteiger charge is -2.19. The number of aryl methyl sites for hydroxylation is 1. The zero-order valence-corrected chi connectivity index (χ0v) is 10.1. The molecule has 1 heterocycles. The summed E-state index contributed by atoms with van der Waals surface area (Å²) < 4.78 is 0. The summed E-state index contributed by atoms with van der Waals surface area (Å²) in [5, 5.41) is 3.47. The first kappa shape index (κ1) is 12.1. The van der Waals surface area contributed by atoms with Gasteiger partial charge in [-0.3, -0.25) is 0 Å². The van der Waals surface area contributed by atoms with Crippen LogP contribution in [0.3, 0.4) is 0 Å². The van der Waals surface area contributed by atoms with E-state index in [1.165, 1.54) is 0 Å².